The van der Waals surface area contributed by atoms with Gasteiger partial charge in [-0.3, -0.25) is 10.1 Å². The summed E-state index contributed by atoms with van der Waals surface area (Å²) in [6.07, 6.45) is 2.92. The Morgan fingerprint density at radius 1 is 1.39 bits per heavy atom. The summed E-state index contributed by atoms with van der Waals surface area (Å²) in [6.45, 7) is 0.559. The molecule has 2 rings (SSSR count). The number of benzene rings is 1. The molecule has 1 aromatic carbocycles. The summed E-state index contributed by atoms with van der Waals surface area (Å²) in [5.74, 6) is 0.961. The van der Waals surface area contributed by atoms with Crippen LogP contribution in [0, 0.1) is 10.1 Å². The Hall–Kier alpha value is -2.21. The van der Waals surface area contributed by atoms with Crippen molar-refractivity contribution in [3.8, 4) is 11.3 Å². The molecule has 0 unspecified atom stereocenters. The fourth-order valence-corrected chi connectivity index (χ4v) is 1.64. The first-order valence-electron chi connectivity index (χ1n) is 5.61. The monoisotopic (exact) mass is 247 g/mol. The van der Waals surface area contributed by atoms with Crippen molar-refractivity contribution in [3.63, 3.8) is 0 Å². The van der Waals surface area contributed by atoms with Gasteiger partial charge in [0.05, 0.1) is 16.7 Å². The Balaban J connectivity index is 2.31. The number of nitro groups is 1. The average Bonchev–Trinajstić information content (AvgIpc) is 2.85. The van der Waals surface area contributed by atoms with Gasteiger partial charge in [0.15, 0.2) is 11.7 Å². The second-order valence-electron chi connectivity index (χ2n) is 3.78. The molecule has 0 spiro atoms. The number of aryl methyl sites for hydroxylation is 1. The highest BCUT2D eigenvalue weighted by Crippen LogP contribution is 2.29. The number of hydrogen-bond acceptors (Lipinski definition) is 5. The predicted molar refractivity (Wildman–Crippen MR) is 66.0 cm³/mol. The van der Waals surface area contributed by atoms with Crippen LogP contribution in [0.3, 0.4) is 0 Å². The first-order valence-corrected chi connectivity index (χ1v) is 5.61. The number of nitrogens with two attached hydrogens (primary N) is 1. The molecule has 6 heteroatoms. The van der Waals surface area contributed by atoms with Crippen LogP contribution in [0.15, 0.2) is 34.9 Å². The SMILES string of the molecule is NCCCc1ncc(-c2ccccc2[N+](=O)[O-])o1. The van der Waals surface area contributed by atoms with E-state index in [0.717, 1.165) is 6.42 Å². The third kappa shape index (κ3) is 2.54. The number of oxazole rings is 1. The van der Waals surface area contributed by atoms with Crippen molar-refractivity contribution < 1.29 is 9.34 Å². The van der Waals surface area contributed by atoms with Crippen LogP contribution in [0.1, 0.15) is 12.3 Å². The fourth-order valence-electron chi connectivity index (χ4n) is 1.64. The van der Waals surface area contributed by atoms with Gasteiger partial charge in [0.2, 0.25) is 0 Å². The highest BCUT2D eigenvalue weighted by atomic mass is 16.6. The normalized spacial score (nSPS) is 10.5. The highest BCUT2D eigenvalue weighted by Gasteiger charge is 2.17. The van der Waals surface area contributed by atoms with E-state index >= 15 is 0 Å². The van der Waals surface area contributed by atoms with Crippen molar-refractivity contribution >= 4 is 5.69 Å². The van der Waals surface area contributed by atoms with Crippen molar-refractivity contribution in [1.29, 1.82) is 0 Å². The third-order valence-corrected chi connectivity index (χ3v) is 2.51. The molecule has 6 nitrogen and oxygen atoms in total. The minimum absolute atomic E-state index is 0.0130. The van der Waals surface area contributed by atoms with Gasteiger partial charge >= 0.3 is 0 Å². The zero-order valence-corrected chi connectivity index (χ0v) is 9.70. The van der Waals surface area contributed by atoms with Crippen LogP contribution in [0.4, 0.5) is 5.69 Å². The van der Waals surface area contributed by atoms with Gasteiger partial charge in [0.1, 0.15) is 0 Å². The van der Waals surface area contributed by atoms with E-state index in [1.54, 1.807) is 18.2 Å². The van der Waals surface area contributed by atoms with E-state index in [2.05, 4.69) is 4.98 Å². The van der Waals surface area contributed by atoms with E-state index in [-0.39, 0.29) is 5.69 Å². The molecule has 2 N–H and O–H groups in total. The van der Waals surface area contributed by atoms with Gasteiger partial charge < -0.3 is 10.2 Å². The molecule has 0 bridgehead atoms. The van der Waals surface area contributed by atoms with Crippen LogP contribution in [0.2, 0.25) is 0 Å². The lowest BCUT2D eigenvalue weighted by Crippen LogP contribution is -2.00. The van der Waals surface area contributed by atoms with Crippen LogP contribution >= 0.6 is 0 Å². The van der Waals surface area contributed by atoms with Crippen LogP contribution < -0.4 is 5.73 Å². The first kappa shape index (κ1) is 12.3. The summed E-state index contributed by atoms with van der Waals surface area (Å²) in [6, 6.07) is 6.43. The van der Waals surface area contributed by atoms with Crippen LogP contribution in [-0.2, 0) is 6.42 Å². The Bertz CT molecular complexity index is 551. The maximum absolute atomic E-state index is 10.9. The third-order valence-electron chi connectivity index (χ3n) is 2.51. The maximum atomic E-state index is 10.9. The molecule has 1 aromatic heterocycles. The summed E-state index contributed by atoms with van der Waals surface area (Å²) >= 11 is 0. The van der Waals surface area contributed by atoms with Crippen molar-refractivity contribution in [2.75, 3.05) is 6.54 Å². The van der Waals surface area contributed by atoms with Crippen molar-refractivity contribution in [1.82, 2.24) is 4.98 Å². The molecule has 2 aromatic rings. The quantitative estimate of drug-likeness (QED) is 0.645. The summed E-state index contributed by atoms with van der Waals surface area (Å²) < 4.78 is 5.49. The van der Waals surface area contributed by atoms with E-state index in [1.807, 2.05) is 0 Å². The minimum atomic E-state index is -0.433. The molecule has 94 valence electrons. The van der Waals surface area contributed by atoms with Gasteiger partial charge in [-0.05, 0) is 19.0 Å². The zero-order valence-electron chi connectivity index (χ0n) is 9.70. The molecule has 0 aliphatic heterocycles. The van der Waals surface area contributed by atoms with Crippen LogP contribution in [0.5, 0.6) is 0 Å². The Labute approximate surface area is 104 Å². The Morgan fingerprint density at radius 3 is 2.89 bits per heavy atom. The van der Waals surface area contributed by atoms with E-state index in [4.69, 9.17) is 10.2 Å². The standard InChI is InChI=1S/C12H13N3O3/c13-7-3-6-12-14-8-11(18-12)9-4-1-2-5-10(9)15(16)17/h1-2,4-5,8H,3,6-7,13H2. The van der Waals surface area contributed by atoms with Gasteiger partial charge in [-0.2, -0.15) is 0 Å². The molecular weight excluding hydrogens is 234 g/mol. The summed E-state index contributed by atoms with van der Waals surface area (Å²) in [7, 11) is 0. The largest absolute Gasteiger partial charge is 0.440 e. The lowest BCUT2D eigenvalue weighted by Gasteiger charge is -1.98. The lowest BCUT2D eigenvalue weighted by atomic mass is 10.1. The molecule has 0 saturated heterocycles. The molecule has 0 aliphatic carbocycles. The summed E-state index contributed by atoms with van der Waals surface area (Å²) in [4.78, 5) is 14.6. The molecule has 0 atom stereocenters. The van der Waals surface area contributed by atoms with E-state index in [9.17, 15) is 10.1 Å². The molecule has 0 saturated carbocycles. The van der Waals surface area contributed by atoms with Gasteiger partial charge in [-0.25, -0.2) is 4.98 Å². The lowest BCUT2D eigenvalue weighted by molar-refractivity contribution is -0.384. The molecule has 18 heavy (non-hydrogen) atoms. The van der Waals surface area contributed by atoms with Gasteiger partial charge in [0.25, 0.3) is 5.69 Å². The summed E-state index contributed by atoms with van der Waals surface area (Å²) in [5, 5.41) is 10.9. The minimum Gasteiger partial charge on any atom is -0.440 e. The van der Waals surface area contributed by atoms with E-state index in [0.29, 0.717) is 30.2 Å². The molecule has 0 amide bonds. The Kier molecular flexibility index (Phi) is 3.69. The second-order valence-corrected chi connectivity index (χ2v) is 3.78. The molecule has 0 radical (unpaired) electrons. The molecular formula is C12H13N3O3. The van der Waals surface area contributed by atoms with Gasteiger partial charge in [-0.1, -0.05) is 12.1 Å². The Morgan fingerprint density at radius 2 is 2.17 bits per heavy atom. The zero-order chi connectivity index (χ0) is 13.0. The molecule has 0 aliphatic rings. The number of rotatable bonds is 5. The van der Waals surface area contributed by atoms with E-state index in [1.165, 1.54) is 12.3 Å². The van der Waals surface area contributed by atoms with Crippen molar-refractivity contribution in [3.05, 3.63) is 46.5 Å². The maximum Gasteiger partial charge on any atom is 0.280 e. The molecule has 0 fully saturated rings. The number of nitrogens with zero attached hydrogens (tertiary/aromatic N) is 2. The number of para-hydroxylation sites is 1. The molecule has 1 heterocycles. The number of aromatic nitrogens is 1. The van der Waals surface area contributed by atoms with Gasteiger partial charge in [-0.15, -0.1) is 0 Å². The number of nitro benzene ring substituents is 1. The van der Waals surface area contributed by atoms with Crippen molar-refractivity contribution in [2.24, 2.45) is 5.73 Å². The van der Waals surface area contributed by atoms with Gasteiger partial charge in [0, 0.05) is 12.5 Å². The average molecular weight is 247 g/mol. The smallest absolute Gasteiger partial charge is 0.280 e. The summed E-state index contributed by atoms with van der Waals surface area (Å²) in [5.41, 5.74) is 5.85. The fraction of sp³-hybridized carbons (Fsp3) is 0.250. The highest BCUT2D eigenvalue weighted by molar-refractivity contribution is 5.68. The van der Waals surface area contributed by atoms with Crippen LogP contribution in [0.25, 0.3) is 11.3 Å². The topological polar surface area (TPSA) is 95.2 Å². The van der Waals surface area contributed by atoms with Crippen LogP contribution in [-0.4, -0.2) is 16.5 Å². The van der Waals surface area contributed by atoms with E-state index < -0.39 is 4.92 Å². The van der Waals surface area contributed by atoms with Crippen molar-refractivity contribution in [2.45, 2.75) is 12.8 Å². The first-order chi connectivity index (χ1) is 8.72. The number of hydrogen-bond donors (Lipinski definition) is 1. The second kappa shape index (κ2) is 5.42. The predicted octanol–water partition coefficient (Wildman–Crippen LogP) is 2.14.